The van der Waals surface area contributed by atoms with Crippen LogP contribution in [0.5, 0.6) is 5.75 Å². The first kappa shape index (κ1) is 14.2. The fraction of sp³-hybridized carbons (Fsp3) is 0.467. The summed E-state index contributed by atoms with van der Waals surface area (Å²) in [5.74, 6) is 1.68. The minimum absolute atomic E-state index is 0.241. The van der Waals surface area contributed by atoms with Crippen LogP contribution >= 0.6 is 12.6 Å². The van der Waals surface area contributed by atoms with Crippen LogP contribution in [0, 0.1) is 0 Å². The maximum Gasteiger partial charge on any atom is 0.119 e. The molecule has 0 N–H and O–H groups in total. The van der Waals surface area contributed by atoms with Gasteiger partial charge in [0.2, 0.25) is 0 Å². The van der Waals surface area contributed by atoms with Crippen molar-refractivity contribution in [3.8, 4) is 5.75 Å². The van der Waals surface area contributed by atoms with E-state index in [1.807, 2.05) is 24.3 Å². The molecule has 0 heterocycles. The van der Waals surface area contributed by atoms with Gasteiger partial charge in [-0.05, 0) is 29.5 Å². The van der Waals surface area contributed by atoms with Crippen molar-refractivity contribution in [2.24, 2.45) is 0 Å². The predicted octanol–water partition coefficient (Wildman–Crippen LogP) is 4.24. The number of benzene rings is 1. The molecular weight excluding hydrogens is 228 g/mol. The average molecular weight is 250 g/mol. The van der Waals surface area contributed by atoms with Gasteiger partial charge in [-0.15, -0.1) is 0 Å². The van der Waals surface area contributed by atoms with Crippen LogP contribution in [0.2, 0.25) is 0 Å². The zero-order chi connectivity index (χ0) is 12.7. The minimum atomic E-state index is 0.241. The molecule has 0 aliphatic heterocycles. The summed E-state index contributed by atoms with van der Waals surface area (Å²) in [7, 11) is 0. The molecular formula is C15H22OS. The molecule has 0 bridgehead atoms. The second-order valence-corrected chi connectivity index (χ2v) is 5.09. The maximum absolute atomic E-state index is 5.59. The molecule has 2 heteroatoms. The van der Waals surface area contributed by atoms with Gasteiger partial charge in [0, 0.05) is 5.75 Å². The summed E-state index contributed by atoms with van der Waals surface area (Å²) >= 11 is 4.09. The molecule has 0 aliphatic rings. The van der Waals surface area contributed by atoms with Gasteiger partial charge in [-0.25, -0.2) is 0 Å². The second kappa shape index (κ2) is 6.75. The fourth-order valence-electron chi connectivity index (χ4n) is 1.49. The van der Waals surface area contributed by atoms with Crippen LogP contribution in [-0.2, 0) is 5.41 Å². The molecule has 94 valence electrons. The van der Waals surface area contributed by atoms with Gasteiger partial charge < -0.3 is 4.74 Å². The van der Waals surface area contributed by atoms with Crippen molar-refractivity contribution in [1.29, 1.82) is 0 Å². The molecule has 0 fully saturated rings. The van der Waals surface area contributed by atoms with Crippen molar-refractivity contribution in [2.75, 3.05) is 12.4 Å². The third-order valence-electron chi connectivity index (χ3n) is 3.14. The Morgan fingerprint density at radius 2 is 1.82 bits per heavy atom. The normalized spacial score (nSPS) is 12.0. The first-order valence-electron chi connectivity index (χ1n) is 6.09. The smallest absolute Gasteiger partial charge is 0.119 e. The Balaban J connectivity index is 2.59. The van der Waals surface area contributed by atoms with E-state index in [1.54, 1.807) is 0 Å². The Kier molecular flexibility index (Phi) is 5.63. The summed E-state index contributed by atoms with van der Waals surface area (Å²) in [5.41, 5.74) is 1.60. The molecule has 0 spiro atoms. The van der Waals surface area contributed by atoms with Crippen molar-refractivity contribution in [2.45, 2.75) is 32.6 Å². The van der Waals surface area contributed by atoms with E-state index < -0.39 is 0 Å². The standard InChI is InChI=1S/C15H22OS/c1-4-15(2,3)13-7-9-14(10-8-13)16-11-5-6-12-17/h5-10,17H,4,11-12H2,1-3H3. The maximum atomic E-state index is 5.59. The van der Waals surface area contributed by atoms with Crippen LogP contribution < -0.4 is 4.74 Å². The van der Waals surface area contributed by atoms with Crippen LogP contribution in [0.1, 0.15) is 32.8 Å². The topological polar surface area (TPSA) is 9.23 Å². The molecule has 1 rings (SSSR count). The molecule has 1 nitrogen and oxygen atoms in total. The third-order valence-corrected chi connectivity index (χ3v) is 3.35. The van der Waals surface area contributed by atoms with Gasteiger partial charge in [0.25, 0.3) is 0 Å². The zero-order valence-electron chi connectivity index (χ0n) is 10.9. The molecule has 0 saturated carbocycles. The summed E-state index contributed by atoms with van der Waals surface area (Å²) < 4.78 is 5.59. The lowest BCUT2D eigenvalue weighted by atomic mass is 9.82. The lowest BCUT2D eigenvalue weighted by molar-refractivity contribution is 0.362. The van der Waals surface area contributed by atoms with E-state index in [0.29, 0.717) is 6.61 Å². The first-order valence-corrected chi connectivity index (χ1v) is 6.72. The van der Waals surface area contributed by atoms with E-state index in [0.717, 1.165) is 17.9 Å². The van der Waals surface area contributed by atoms with Crippen molar-refractivity contribution in [3.63, 3.8) is 0 Å². The highest BCUT2D eigenvalue weighted by molar-refractivity contribution is 7.80. The summed E-state index contributed by atoms with van der Waals surface area (Å²) in [6, 6.07) is 8.39. The van der Waals surface area contributed by atoms with E-state index in [-0.39, 0.29) is 5.41 Å². The van der Waals surface area contributed by atoms with Crippen LogP contribution in [0.25, 0.3) is 0 Å². The lowest BCUT2D eigenvalue weighted by Gasteiger charge is -2.23. The quantitative estimate of drug-likeness (QED) is 0.587. The predicted molar refractivity (Wildman–Crippen MR) is 78.2 cm³/mol. The summed E-state index contributed by atoms with van der Waals surface area (Å²) in [6.07, 6.45) is 5.10. The van der Waals surface area contributed by atoms with Crippen molar-refractivity contribution >= 4 is 12.6 Å². The van der Waals surface area contributed by atoms with Gasteiger partial charge in [0.05, 0.1) is 0 Å². The summed E-state index contributed by atoms with van der Waals surface area (Å²) in [4.78, 5) is 0. The first-order chi connectivity index (χ1) is 8.10. The van der Waals surface area contributed by atoms with Crippen LogP contribution in [0.4, 0.5) is 0 Å². The Morgan fingerprint density at radius 3 is 2.35 bits per heavy atom. The lowest BCUT2D eigenvalue weighted by Crippen LogP contribution is -2.15. The molecule has 17 heavy (non-hydrogen) atoms. The summed E-state index contributed by atoms with van der Waals surface area (Å²) in [5, 5.41) is 0. The molecule has 0 radical (unpaired) electrons. The van der Waals surface area contributed by atoms with E-state index in [1.165, 1.54) is 5.56 Å². The average Bonchev–Trinajstić information content (AvgIpc) is 2.35. The van der Waals surface area contributed by atoms with Gasteiger partial charge in [-0.2, -0.15) is 12.6 Å². The van der Waals surface area contributed by atoms with Gasteiger partial charge in [-0.1, -0.05) is 45.1 Å². The Hall–Kier alpha value is -0.890. The SMILES string of the molecule is CCC(C)(C)c1ccc(OCC=CCS)cc1. The van der Waals surface area contributed by atoms with Gasteiger partial charge >= 0.3 is 0 Å². The molecule has 0 aromatic heterocycles. The van der Waals surface area contributed by atoms with Crippen LogP contribution in [0.3, 0.4) is 0 Å². The minimum Gasteiger partial charge on any atom is -0.490 e. The van der Waals surface area contributed by atoms with Crippen LogP contribution in [-0.4, -0.2) is 12.4 Å². The third kappa shape index (κ3) is 4.47. The molecule has 0 atom stereocenters. The van der Waals surface area contributed by atoms with Crippen molar-refractivity contribution < 1.29 is 4.74 Å². The van der Waals surface area contributed by atoms with Gasteiger partial charge in [0.15, 0.2) is 0 Å². The molecule has 0 aliphatic carbocycles. The molecule has 1 aromatic rings. The molecule has 0 unspecified atom stereocenters. The largest absolute Gasteiger partial charge is 0.490 e. The summed E-state index contributed by atoms with van der Waals surface area (Å²) in [6.45, 7) is 7.35. The molecule has 0 amide bonds. The molecule has 1 aromatic carbocycles. The Morgan fingerprint density at radius 1 is 1.18 bits per heavy atom. The van der Waals surface area contributed by atoms with E-state index in [9.17, 15) is 0 Å². The second-order valence-electron chi connectivity index (χ2n) is 4.73. The fourth-order valence-corrected chi connectivity index (χ4v) is 1.64. The van der Waals surface area contributed by atoms with Gasteiger partial charge in [-0.3, -0.25) is 0 Å². The number of ether oxygens (including phenoxy) is 1. The molecule has 0 saturated heterocycles. The Labute approximate surface area is 110 Å². The monoisotopic (exact) mass is 250 g/mol. The van der Waals surface area contributed by atoms with E-state index in [2.05, 4.69) is 45.5 Å². The van der Waals surface area contributed by atoms with E-state index in [4.69, 9.17) is 4.74 Å². The highest BCUT2D eigenvalue weighted by Crippen LogP contribution is 2.27. The van der Waals surface area contributed by atoms with Crippen LogP contribution in [0.15, 0.2) is 36.4 Å². The van der Waals surface area contributed by atoms with E-state index >= 15 is 0 Å². The van der Waals surface area contributed by atoms with Crippen molar-refractivity contribution in [3.05, 3.63) is 42.0 Å². The highest BCUT2D eigenvalue weighted by Gasteiger charge is 2.17. The number of hydrogen-bond acceptors (Lipinski definition) is 2. The Bertz CT molecular complexity index is 352. The number of hydrogen-bond donors (Lipinski definition) is 1. The van der Waals surface area contributed by atoms with Gasteiger partial charge in [0.1, 0.15) is 12.4 Å². The highest BCUT2D eigenvalue weighted by atomic mass is 32.1. The number of thiol groups is 1. The van der Waals surface area contributed by atoms with Crippen molar-refractivity contribution in [1.82, 2.24) is 0 Å². The zero-order valence-corrected chi connectivity index (χ0v) is 11.8. The number of rotatable bonds is 6.